The molecule has 2 saturated heterocycles. The van der Waals surface area contributed by atoms with Crippen molar-refractivity contribution in [3.8, 4) is 0 Å². The number of Topliss-reactive ketones (excluding diaryl/α,β-unsaturated/α-hetero) is 1. The van der Waals surface area contributed by atoms with Gasteiger partial charge in [-0.05, 0) is 70.6 Å². The summed E-state index contributed by atoms with van der Waals surface area (Å²) in [7, 11) is 0. The molecule has 0 aromatic carbocycles. The lowest BCUT2D eigenvalue weighted by Crippen LogP contribution is -2.52. The molecule has 1 saturated carbocycles. The predicted molar refractivity (Wildman–Crippen MR) is 144 cm³/mol. The second kappa shape index (κ2) is 13.2. The highest BCUT2D eigenvalue weighted by Gasteiger charge is 2.56. The fraction of sp³-hybridized carbons (Fsp3) is 0.821. The van der Waals surface area contributed by atoms with Gasteiger partial charge in [0.2, 0.25) is 11.8 Å². The Morgan fingerprint density at radius 3 is 2.33 bits per heavy atom. The van der Waals surface area contributed by atoms with Gasteiger partial charge in [0.05, 0.1) is 0 Å². The average molecular weight is 605 g/mol. The Bertz CT molecular complexity index is 1040. The summed E-state index contributed by atoms with van der Waals surface area (Å²) < 4.78 is 47.0. The number of halogens is 3. The molecule has 14 heteroatoms. The van der Waals surface area contributed by atoms with Gasteiger partial charge in [-0.2, -0.15) is 0 Å². The van der Waals surface area contributed by atoms with E-state index in [9.17, 15) is 37.1 Å². The normalized spacial score (nSPS) is 23.0. The minimum Gasteiger partial charge on any atom is -0.436 e. The molecule has 3 fully saturated rings. The van der Waals surface area contributed by atoms with Crippen molar-refractivity contribution >= 4 is 29.6 Å². The molecule has 0 aromatic rings. The van der Waals surface area contributed by atoms with Gasteiger partial charge in [-0.3, -0.25) is 23.9 Å². The van der Waals surface area contributed by atoms with Gasteiger partial charge in [0.25, 0.3) is 5.91 Å². The number of alkyl halides is 3. The molecule has 238 valence electrons. The van der Waals surface area contributed by atoms with Gasteiger partial charge in [-0.15, -0.1) is 13.2 Å². The molecule has 1 aliphatic carbocycles. The van der Waals surface area contributed by atoms with Crippen LogP contribution in [0.4, 0.5) is 18.0 Å². The number of carbonyl (C=O) groups excluding carboxylic acids is 5. The lowest BCUT2D eigenvalue weighted by atomic mass is 9.90. The van der Waals surface area contributed by atoms with Crippen molar-refractivity contribution in [1.29, 1.82) is 0 Å². The van der Waals surface area contributed by atoms with Gasteiger partial charge in [-0.1, -0.05) is 13.8 Å². The van der Waals surface area contributed by atoms with Gasteiger partial charge >= 0.3 is 12.5 Å². The molecule has 0 bridgehead atoms. The van der Waals surface area contributed by atoms with Crippen LogP contribution in [0.2, 0.25) is 0 Å². The minimum atomic E-state index is -5.00. The highest BCUT2D eigenvalue weighted by atomic mass is 19.4. The fourth-order valence-corrected chi connectivity index (χ4v) is 5.49. The predicted octanol–water partition coefficient (Wildman–Crippen LogP) is 2.67. The van der Waals surface area contributed by atoms with Crippen LogP contribution in [0, 0.1) is 23.2 Å². The second-order valence-electron chi connectivity index (χ2n) is 13.2. The van der Waals surface area contributed by atoms with E-state index >= 15 is 0 Å². The maximum atomic E-state index is 13.7. The summed E-state index contributed by atoms with van der Waals surface area (Å²) in [5, 5.41) is 7.96. The van der Waals surface area contributed by atoms with Crippen molar-refractivity contribution in [3.63, 3.8) is 0 Å². The quantitative estimate of drug-likeness (QED) is 0.311. The van der Waals surface area contributed by atoms with Crippen LogP contribution >= 0.6 is 0 Å². The number of hydrogen-bond donors (Lipinski definition) is 3. The molecule has 1 unspecified atom stereocenters. The van der Waals surface area contributed by atoms with Crippen LogP contribution in [-0.4, -0.2) is 84.8 Å². The van der Waals surface area contributed by atoms with E-state index in [0.717, 1.165) is 12.8 Å². The van der Waals surface area contributed by atoms with Crippen molar-refractivity contribution in [1.82, 2.24) is 20.9 Å². The molecule has 2 aliphatic heterocycles. The van der Waals surface area contributed by atoms with E-state index in [0.29, 0.717) is 25.9 Å². The summed E-state index contributed by atoms with van der Waals surface area (Å²) in [5.41, 5.74) is -0.805. The van der Waals surface area contributed by atoms with E-state index in [2.05, 4.69) is 20.7 Å². The lowest BCUT2D eigenvalue weighted by Gasteiger charge is -2.30. The first-order valence-corrected chi connectivity index (χ1v) is 14.5. The Hall–Kier alpha value is -2.90. The largest absolute Gasteiger partial charge is 0.522 e. The van der Waals surface area contributed by atoms with Crippen molar-refractivity contribution in [2.75, 3.05) is 26.2 Å². The number of hydrogen-bond acceptors (Lipinski definition) is 7. The molecule has 3 rings (SSSR count). The summed E-state index contributed by atoms with van der Waals surface area (Å²) in [6.45, 7) is 8.25. The Morgan fingerprint density at radius 1 is 1.14 bits per heavy atom. The number of ether oxygens (including phenoxy) is 2. The van der Waals surface area contributed by atoms with Crippen molar-refractivity contribution in [2.45, 2.75) is 97.2 Å². The molecular formula is C28H43F3N4O7. The van der Waals surface area contributed by atoms with Crippen LogP contribution in [-0.2, 0) is 28.7 Å². The van der Waals surface area contributed by atoms with Crippen molar-refractivity contribution in [3.05, 3.63) is 0 Å². The Kier molecular flexibility index (Phi) is 10.5. The third-order valence-corrected chi connectivity index (χ3v) is 7.83. The van der Waals surface area contributed by atoms with Gasteiger partial charge in [0, 0.05) is 37.0 Å². The maximum absolute atomic E-state index is 13.7. The summed E-state index contributed by atoms with van der Waals surface area (Å²) in [6, 6.07) is -0.902. The first-order chi connectivity index (χ1) is 19.4. The third kappa shape index (κ3) is 9.84. The number of nitrogens with one attached hydrogen (secondary N) is 3. The van der Waals surface area contributed by atoms with Gasteiger partial charge < -0.3 is 25.6 Å². The lowest BCUT2D eigenvalue weighted by molar-refractivity contribution is -0.321. The minimum absolute atomic E-state index is 0.00428. The number of ketones is 1. The van der Waals surface area contributed by atoms with Crippen LogP contribution in [0.25, 0.3) is 0 Å². The molecule has 0 radical (unpaired) electrons. The van der Waals surface area contributed by atoms with Gasteiger partial charge in [0.1, 0.15) is 12.6 Å². The monoisotopic (exact) mass is 604 g/mol. The Morgan fingerprint density at radius 2 is 1.81 bits per heavy atom. The van der Waals surface area contributed by atoms with Gasteiger partial charge in [-0.25, -0.2) is 4.79 Å². The number of likely N-dealkylation sites (tertiary alicyclic amines) is 1. The first kappa shape index (κ1) is 33.6. The van der Waals surface area contributed by atoms with Crippen LogP contribution < -0.4 is 16.0 Å². The van der Waals surface area contributed by atoms with E-state index < -0.39 is 66.2 Å². The molecule has 3 aliphatic rings. The highest BCUT2D eigenvalue weighted by Crippen LogP contribution is 2.55. The van der Waals surface area contributed by atoms with E-state index in [1.807, 2.05) is 13.8 Å². The highest BCUT2D eigenvalue weighted by molar-refractivity contribution is 5.92. The van der Waals surface area contributed by atoms with Crippen molar-refractivity contribution in [2.24, 2.45) is 23.2 Å². The Balaban J connectivity index is 1.72. The summed E-state index contributed by atoms with van der Waals surface area (Å²) in [4.78, 5) is 65.9. The zero-order chi connectivity index (χ0) is 31.5. The molecular weight excluding hydrogens is 561 g/mol. The molecule has 11 nitrogen and oxygen atoms in total. The summed E-state index contributed by atoms with van der Waals surface area (Å²) in [6.07, 6.45) is -4.22. The number of carbonyl (C=O) groups is 5. The maximum Gasteiger partial charge on any atom is 0.522 e. The van der Waals surface area contributed by atoms with E-state index in [4.69, 9.17) is 4.74 Å². The van der Waals surface area contributed by atoms with Gasteiger partial charge in [0.15, 0.2) is 11.9 Å². The third-order valence-electron chi connectivity index (χ3n) is 7.83. The Labute approximate surface area is 244 Å². The molecule has 42 heavy (non-hydrogen) atoms. The molecule has 4 amide bonds. The smallest absolute Gasteiger partial charge is 0.436 e. The van der Waals surface area contributed by atoms with Crippen LogP contribution in [0.5, 0.6) is 0 Å². The van der Waals surface area contributed by atoms with E-state index in [-0.39, 0.29) is 36.6 Å². The van der Waals surface area contributed by atoms with Crippen molar-refractivity contribution < 1.29 is 46.6 Å². The zero-order valence-electron chi connectivity index (χ0n) is 24.9. The number of amides is 4. The first-order valence-electron chi connectivity index (χ1n) is 14.5. The average Bonchev–Trinajstić information content (AvgIpc) is 3.31. The second-order valence-corrected chi connectivity index (χ2v) is 13.2. The zero-order valence-corrected chi connectivity index (χ0v) is 24.9. The number of nitrogens with zero attached hydrogens (tertiary/aromatic N) is 1. The van der Waals surface area contributed by atoms with Crippen LogP contribution in [0.3, 0.4) is 0 Å². The van der Waals surface area contributed by atoms with E-state index in [1.165, 1.54) is 4.90 Å². The molecule has 1 spiro atoms. The molecule has 2 heterocycles. The molecule has 0 aromatic heterocycles. The number of rotatable bonds is 12. The standard InChI is InChI=1S/C28H43F3N4O7/c1-16(2)10-21(42-25(40)34-26(3,4)5)24(39)35-15-27(7-8-27)12-19(35)23(38)33-13-18(11-17-6-9-32-22(17)37)20(36)14-41-28(29,30)31/h16-19,21H,6-15H2,1-5H3,(H,32,37)(H,33,38)(H,34,40)/t17-,18?,19-,21+/m0/s1. The summed E-state index contributed by atoms with van der Waals surface area (Å²) in [5.74, 6) is -3.90. The topological polar surface area (TPSA) is 143 Å². The molecule has 3 N–H and O–H groups in total. The van der Waals surface area contributed by atoms with Crippen LogP contribution in [0.15, 0.2) is 0 Å². The SMILES string of the molecule is CC(C)C[C@@H](OC(=O)NC(C)(C)C)C(=O)N1CC2(CC2)C[C@H]1C(=O)NCC(C[C@@H]1CCNC1=O)C(=O)COC(F)(F)F. The van der Waals surface area contributed by atoms with E-state index in [1.54, 1.807) is 20.8 Å². The number of alkyl carbamates (subject to hydrolysis) is 1. The fourth-order valence-electron chi connectivity index (χ4n) is 5.49. The molecule has 4 atom stereocenters. The van der Waals surface area contributed by atoms with Crippen LogP contribution in [0.1, 0.15) is 73.1 Å². The summed E-state index contributed by atoms with van der Waals surface area (Å²) >= 11 is 0.